The van der Waals surface area contributed by atoms with Crippen LogP contribution in [0.15, 0.2) is 0 Å². The van der Waals surface area contributed by atoms with Crippen molar-refractivity contribution < 1.29 is 9.90 Å². The Kier molecular flexibility index (Phi) is 4.48. The lowest BCUT2D eigenvalue weighted by molar-refractivity contribution is -0.145. The van der Waals surface area contributed by atoms with Crippen molar-refractivity contribution in [1.82, 2.24) is 4.57 Å². The summed E-state index contributed by atoms with van der Waals surface area (Å²) in [7, 11) is -1.67. The molecule has 0 saturated carbocycles. The fraction of sp³-hybridized carbons (Fsp3) is 0.909. The van der Waals surface area contributed by atoms with E-state index in [1.807, 2.05) is 6.26 Å². The van der Waals surface area contributed by atoms with Crippen LogP contribution in [0.25, 0.3) is 0 Å². The Morgan fingerprint density at radius 1 is 1.56 bits per heavy atom. The second kappa shape index (κ2) is 5.10. The number of hydrogen-bond donors (Lipinski definition) is 1. The summed E-state index contributed by atoms with van der Waals surface area (Å²) in [4.78, 5) is 12.1. The molecule has 94 valence electrons. The molecule has 0 bridgehead atoms. The normalized spacial score (nSPS) is 29.2. The molecule has 1 aliphatic rings. The molecule has 1 saturated heterocycles. The van der Waals surface area contributed by atoms with Gasteiger partial charge in [0.15, 0.2) is 8.24 Å². The van der Waals surface area contributed by atoms with Gasteiger partial charge in [0, 0.05) is 0 Å². The quantitative estimate of drug-likeness (QED) is 0.609. The topological polar surface area (TPSA) is 40.5 Å². The van der Waals surface area contributed by atoms with Crippen LogP contribution in [0.1, 0.15) is 20.8 Å². The van der Waals surface area contributed by atoms with Crippen molar-refractivity contribution in [1.29, 1.82) is 0 Å². The molecule has 0 aromatic heterocycles. The van der Waals surface area contributed by atoms with Gasteiger partial charge in [-0.1, -0.05) is 27.3 Å². The highest BCUT2D eigenvalue weighted by molar-refractivity contribution is 7.99. The maximum Gasteiger partial charge on any atom is 0.223 e. The van der Waals surface area contributed by atoms with E-state index in [2.05, 4.69) is 31.9 Å². The van der Waals surface area contributed by atoms with Crippen molar-refractivity contribution in [3.8, 4) is 0 Å². The Labute approximate surface area is 104 Å². The second-order valence-corrected chi connectivity index (χ2v) is 11.0. The molecular weight excluding hydrogens is 238 g/mol. The average Bonchev–Trinajstić information content (AvgIpc) is 2.25. The Morgan fingerprint density at radius 2 is 2.12 bits per heavy atom. The molecule has 1 rings (SSSR count). The van der Waals surface area contributed by atoms with Gasteiger partial charge in [-0.3, -0.25) is 4.79 Å². The third-order valence-electron chi connectivity index (χ3n) is 4.10. The summed E-state index contributed by atoms with van der Waals surface area (Å²) in [6, 6.07) is 1.09. The minimum atomic E-state index is -1.67. The fourth-order valence-electron chi connectivity index (χ4n) is 2.36. The zero-order valence-electron chi connectivity index (χ0n) is 10.9. The van der Waals surface area contributed by atoms with Crippen LogP contribution in [0.5, 0.6) is 0 Å². The predicted molar refractivity (Wildman–Crippen MR) is 71.9 cm³/mol. The summed E-state index contributed by atoms with van der Waals surface area (Å²) in [6.07, 6.45) is 2.03. The van der Waals surface area contributed by atoms with Crippen LogP contribution in [0.3, 0.4) is 0 Å². The van der Waals surface area contributed by atoms with E-state index < -0.39 is 8.24 Å². The number of rotatable bonds is 5. The molecule has 0 aromatic rings. The Bertz CT molecular complexity index is 275. The van der Waals surface area contributed by atoms with Gasteiger partial charge >= 0.3 is 0 Å². The fourth-order valence-corrected chi connectivity index (χ4v) is 7.39. The minimum Gasteiger partial charge on any atom is -0.395 e. The summed E-state index contributed by atoms with van der Waals surface area (Å²) in [6.45, 7) is 8.89. The van der Waals surface area contributed by atoms with E-state index in [0.29, 0.717) is 5.54 Å². The van der Waals surface area contributed by atoms with Crippen molar-refractivity contribution in [3.63, 3.8) is 0 Å². The van der Waals surface area contributed by atoms with Crippen molar-refractivity contribution in [2.45, 2.75) is 44.3 Å². The molecule has 1 heterocycles. The van der Waals surface area contributed by atoms with E-state index in [4.69, 9.17) is 0 Å². The number of β-lactam (4-membered cyclic amide) rings is 1. The lowest BCUT2D eigenvalue weighted by Gasteiger charge is -2.56. The largest absolute Gasteiger partial charge is 0.395 e. The van der Waals surface area contributed by atoms with Crippen LogP contribution in [0.2, 0.25) is 18.1 Å². The highest BCUT2D eigenvalue weighted by Gasteiger charge is 2.55. The highest BCUT2D eigenvalue weighted by atomic mass is 32.2. The average molecular weight is 261 g/mol. The summed E-state index contributed by atoms with van der Waals surface area (Å²) in [5.74, 6) is 0.0127. The third kappa shape index (κ3) is 1.93. The Balaban J connectivity index is 2.92. The molecular formula is C11H23NO2SSi. The van der Waals surface area contributed by atoms with Gasteiger partial charge in [0.25, 0.3) is 0 Å². The number of hydrogen-bond acceptors (Lipinski definition) is 3. The van der Waals surface area contributed by atoms with E-state index in [1.165, 1.54) is 0 Å². The van der Waals surface area contributed by atoms with Crippen molar-refractivity contribution in [2.75, 3.05) is 12.9 Å². The molecule has 1 amide bonds. The van der Waals surface area contributed by atoms with Gasteiger partial charge in [-0.2, -0.15) is 0 Å². The summed E-state index contributed by atoms with van der Waals surface area (Å²) >= 11 is 1.70. The molecule has 16 heavy (non-hydrogen) atoms. The summed E-state index contributed by atoms with van der Waals surface area (Å²) < 4.78 is 2.11. The molecule has 1 aliphatic heterocycles. The molecule has 0 radical (unpaired) electrons. The SMILES string of the molecule is CC[Si](C)(C(C)C)N1C(=O)[C@@H](CO)[C@@H]1SC. The number of nitrogens with zero attached hydrogens (tertiary/aromatic N) is 1. The van der Waals surface area contributed by atoms with E-state index >= 15 is 0 Å². The molecule has 3 atom stereocenters. The first-order chi connectivity index (χ1) is 7.43. The third-order valence-corrected chi connectivity index (χ3v) is 10.8. The number of aliphatic hydroxyl groups is 1. The maximum atomic E-state index is 12.1. The van der Waals surface area contributed by atoms with E-state index in [1.54, 1.807) is 11.8 Å². The zero-order chi connectivity index (χ0) is 12.5. The molecule has 1 fully saturated rings. The number of amides is 1. The van der Waals surface area contributed by atoms with E-state index in [-0.39, 0.29) is 23.8 Å². The summed E-state index contributed by atoms with van der Waals surface area (Å²) in [5, 5.41) is 9.41. The lowest BCUT2D eigenvalue weighted by atomic mass is 10.0. The van der Waals surface area contributed by atoms with Crippen molar-refractivity contribution >= 4 is 25.9 Å². The Hall–Kier alpha value is -0.00312. The molecule has 0 spiro atoms. The van der Waals surface area contributed by atoms with Gasteiger partial charge in [0.05, 0.1) is 17.9 Å². The molecule has 1 N–H and O–H groups in total. The number of carbonyl (C=O) groups is 1. The monoisotopic (exact) mass is 261 g/mol. The second-order valence-electron chi connectivity index (χ2n) is 4.99. The molecule has 3 nitrogen and oxygen atoms in total. The first-order valence-electron chi connectivity index (χ1n) is 5.90. The van der Waals surface area contributed by atoms with Gasteiger partial charge in [0.2, 0.25) is 5.91 Å². The van der Waals surface area contributed by atoms with Crippen LogP contribution in [0, 0.1) is 5.92 Å². The van der Waals surface area contributed by atoms with E-state index in [0.717, 1.165) is 6.04 Å². The van der Waals surface area contributed by atoms with Crippen LogP contribution < -0.4 is 0 Å². The highest BCUT2D eigenvalue weighted by Crippen LogP contribution is 2.42. The molecule has 0 aliphatic carbocycles. The molecule has 5 heteroatoms. The van der Waals surface area contributed by atoms with Crippen molar-refractivity contribution in [3.05, 3.63) is 0 Å². The predicted octanol–water partition coefficient (Wildman–Crippen LogP) is 2.13. The summed E-state index contributed by atoms with van der Waals surface area (Å²) in [5.41, 5.74) is 0.566. The lowest BCUT2D eigenvalue weighted by Crippen LogP contribution is -2.71. The van der Waals surface area contributed by atoms with Gasteiger partial charge in [-0.15, -0.1) is 11.8 Å². The number of aliphatic hydroxyl groups excluding tert-OH is 1. The Morgan fingerprint density at radius 3 is 2.44 bits per heavy atom. The first-order valence-corrected chi connectivity index (χ1v) is 9.92. The first kappa shape index (κ1) is 14.1. The van der Waals surface area contributed by atoms with Crippen LogP contribution in [0.4, 0.5) is 0 Å². The molecule has 1 unspecified atom stereocenters. The van der Waals surface area contributed by atoms with Crippen LogP contribution >= 0.6 is 11.8 Å². The van der Waals surface area contributed by atoms with E-state index in [9.17, 15) is 9.90 Å². The van der Waals surface area contributed by atoms with Gasteiger partial charge in [-0.25, -0.2) is 0 Å². The minimum absolute atomic E-state index is 0.00682. The van der Waals surface area contributed by atoms with Gasteiger partial charge in [-0.05, 0) is 17.8 Å². The van der Waals surface area contributed by atoms with Gasteiger partial charge in [0.1, 0.15) is 0 Å². The standard InChI is InChI=1S/C11H23NO2SSi/c1-6-16(5,8(2)3)12-10(14)9(7-13)11(12)15-4/h8-9,11,13H,6-7H2,1-5H3/t9-,11+,16?/m1/s1. The number of carbonyl (C=O) groups excluding carboxylic acids is 1. The van der Waals surface area contributed by atoms with Gasteiger partial charge < -0.3 is 9.67 Å². The maximum absolute atomic E-state index is 12.1. The smallest absolute Gasteiger partial charge is 0.223 e. The number of thioether (sulfide) groups is 1. The zero-order valence-corrected chi connectivity index (χ0v) is 12.7. The van der Waals surface area contributed by atoms with Crippen LogP contribution in [-0.4, -0.2) is 42.1 Å². The molecule has 0 aromatic carbocycles. The van der Waals surface area contributed by atoms with Crippen molar-refractivity contribution in [2.24, 2.45) is 5.92 Å². The van der Waals surface area contributed by atoms with Crippen LogP contribution in [-0.2, 0) is 4.79 Å².